The zero-order valence-corrected chi connectivity index (χ0v) is 18.6. The molecule has 0 aromatic heterocycles. The van der Waals surface area contributed by atoms with Crippen LogP contribution in [-0.2, 0) is 22.4 Å². The number of benzene rings is 3. The Balaban J connectivity index is 1.36. The first kappa shape index (κ1) is 22.6. The van der Waals surface area contributed by atoms with Gasteiger partial charge >= 0.3 is 5.97 Å². The molecule has 1 aliphatic carbocycles. The normalized spacial score (nSPS) is 15.0. The van der Waals surface area contributed by atoms with E-state index in [2.05, 4.69) is 29.6 Å². The number of ether oxygens (including phenoxy) is 1. The third-order valence-electron chi connectivity index (χ3n) is 6.27. The molecule has 3 aromatic carbocycles. The van der Waals surface area contributed by atoms with Crippen LogP contribution in [0.5, 0.6) is 5.75 Å². The first-order chi connectivity index (χ1) is 16.1. The van der Waals surface area contributed by atoms with Gasteiger partial charge in [-0.3, -0.25) is 4.79 Å². The first-order valence-corrected chi connectivity index (χ1v) is 11.4. The molecule has 0 bridgehead atoms. The van der Waals surface area contributed by atoms with E-state index in [1.54, 1.807) is 0 Å². The molecule has 0 heterocycles. The summed E-state index contributed by atoms with van der Waals surface area (Å²) < 4.78 is 5.45. The van der Waals surface area contributed by atoms with E-state index in [0.717, 1.165) is 30.4 Å². The molecule has 0 fully saturated rings. The van der Waals surface area contributed by atoms with Crippen LogP contribution in [0, 0.1) is 5.92 Å². The smallest absolute Gasteiger partial charge is 0.341 e. The van der Waals surface area contributed by atoms with Gasteiger partial charge in [0, 0.05) is 18.9 Å². The summed E-state index contributed by atoms with van der Waals surface area (Å²) in [5.74, 6) is 0.101. The molecule has 170 valence electrons. The third kappa shape index (κ3) is 6.01. The van der Waals surface area contributed by atoms with E-state index in [1.807, 2.05) is 54.6 Å². The van der Waals surface area contributed by atoms with Crippen LogP contribution < -0.4 is 10.1 Å². The van der Waals surface area contributed by atoms with Gasteiger partial charge in [0.05, 0.1) is 0 Å². The number of carbonyl (C=O) groups is 2. The van der Waals surface area contributed by atoms with Crippen molar-refractivity contribution < 1.29 is 19.4 Å². The van der Waals surface area contributed by atoms with E-state index in [-0.39, 0.29) is 24.3 Å². The molecule has 1 aliphatic rings. The van der Waals surface area contributed by atoms with E-state index in [1.165, 1.54) is 11.1 Å². The van der Waals surface area contributed by atoms with Gasteiger partial charge < -0.3 is 15.2 Å². The monoisotopic (exact) mass is 443 g/mol. The molecule has 5 heteroatoms. The fourth-order valence-corrected chi connectivity index (χ4v) is 4.65. The van der Waals surface area contributed by atoms with Crippen molar-refractivity contribution in [2.45, 2.75) is 31.6 Å². The molecular formula is C28H29NO4. The number of carboxylic acids is 1. The summed E-state index contributed by atoms with van der Waals surface area (Å²) in [6.07, 6.45) is 2.96. The summed E-state index contributed by atoms with van der Waals surface area (Å²) >= 11 is 0. The van der Waals surface area contributed by atoms with Crippen LogP contribution in [0.2, 0.25) is 0 Å². The third-order valence-corrected chi connectivity index (χ3v) is 6.27. The molecular weight excluding hydrogens is 414 g/mol. The van der Waals surface area contributed by atoms with Gasteiger partial charge in [0.25, 0.3) is 0 Å². The molecule has 3 aromatic rings. The van der Waals surface area contributed by atoms with Crippen molar-refractivity contribution in [1.82, 2.24) is 5.32 Å². The molecule has 5 nitrogen and oxygen atoms in total. The van der Waals surface area contributed by atoms with Gasteiger partial charge in [-0.25, -0.2) is 4.79 Å². The lowest BCUT2D eigenvalue weighted by atomic mass is 9.81. The van der Waals surface area contributed by atoms with Crippen LogP contribution in [0.3, 0.4) is 0 Å². The number of amides is 1. The van der Waals surface area contributed by atoms with Gasteiger partial charge in [0.2, 0.25) is 5.91 Å². The predicted molar refractivity (Wildman–Crippen MR) is 127 cm³/mol. The second-order valence-electron chi connectivity index (χ2n) is 8.57. The average Bonchev–Trinajstić information content (AvgIpc) is 2.84. The number of fused-ring (bicyclic) bond motifs is 1. The SMILES string of the molecule is O=C(O)COc1cccc2c1CCC(CC(=O)NCC(c1ccccc1)c1ccccc1)C2. The van der Waals surface area contributed by atoms with E-state index >= 15 is 0 Å². The highest BCUT2D eigenvalue weighted by Gasteiger charge is 2.24. The minimum Gasteiger partial charge on any atom is -0.482 e. The summed E-state index contributed by atoms with van der Waals surface area (Å²) in [5.41, 5.74) is 4.59. The van der Waals surface area contributed by atoms with Crippen LogP contribution in [0.25, 0.3) is 0 Å². The van der Waals surface area contributed by atoms with Gasteiger partial charge in [0.1, 0.15) is 5.75 Å². The lowest BCUT2D eigenvalue weighted by Crippen LogP contribution is -2.31. The van der Waals surface area contributed by atoms with Crippen LogP contribution in [0.4, 0.5) is 0 Å². The second-order valence-corrected chi connectivity index (χ2v) is 8.57. The molecule has 0 radical (unpaired) electrons. The summed E-state index contributed by atoms with van der Waals surface area (Å²) in [6.45, 7) is 0.218. The maximum atomic E-state index is 12.8. The van der Waals surface area contributed by atoms with E-state index in [4.69, 9.17) is 9.84 Å². The number of hydrogen-bond acceptors (Lipinski definition) is 3. The van der Waals surface area contributed by atoms with Crippen molar-refractivity contribution in [2.24, 2.45) is 5.92 Å². The number of nitrogens with one attached hydrogen (secondary N) is 1. The van der Waals surface area contributed by atoms with Crippen molar-refractivity contribution >= 4 is 11.9 Å². The Hall–Kier alpha value is -3.60. The van der Waals surface area contributed by atoms with Crippen molar-refractivity contribution in [1.29, 1.82) is 0 Å². The molecule has 0 aliphatic heterocycles. The number of carboxylic acid groups (broad SMARTS) is 1. The molecule has 1 amide bonds. The van der Waals surface area contributed by atoms with E-state index in [9.17, 15) is 9.59 Å². The van der Waals surface area contributed by atoms with Crippen molar-refractivity contribution in [2.75, 3.05) is 13.2 Å². The standard InChI is InChI=1S/C28H29NO4/c30-27(29-18-25(21-8-3-1-4-9-21)22-10-5-2-6-11-22)17-20-14-15-24-23(16-20)12-7-13-26(24)33-19-28(31)32/h1-13,20,25H,14-19H2,(H,29,30)(H,31,32). The van der Waals surface area contributed by atoms with Crippen LogP contribution in [-0.4, -0.2) is 30.1 Å². The van der Waals surface area contributed by atoms with Crippen molar-refractivity contribution in [3.05, 3.63) is 101 Å². The number of carbonyl (C=O) groups excluding carboxylic acids is 1. The molecule has 1 atom stereocenters. The molecule has 0 spiro atoms. The molecule has 2 N–H and O–H groups in total. The topological polar surface area (TPSA) is 75.6 Å². The average molecular weight is 444 g/mol. The van der Waals surface area contributed by atoms with E-state index in [0.29, 0.717) is 18.7 Å². The minimum atomic E-state index is -0.984. The Morgan fingerprint density at radius 3 is 2.24 bits per heavy atom. The Labute approximate surface area is 194 Å². The quantitative estimate of drug-likeness (QED) is 0.507. The highest BCUT2D eigenvalue weighted by molar-refractivity contribution is 5.76. The van der Waals surface area contributed by atoms with Gasteiger partial charge in [0.15, 0.2) is 6.61 Å². The largest absolute Gasteiger partial charge is 0.482 e. The van der Waals surface area contributed by atoms with Gasteiger partial charge in [-0.15, -0.1) is 0 Å². The molecule has 4 rings (SSSR count). The molecule has 1 unspecified atom stereocenters. The zero-order valence-electron chi connectivity index (χ0n) is 18.6. The van der Waals surface area contributed by atoms with Crippen molar-refractivity contribution in [3.8, 4) is 5.75 Å². The van der Waals surface area contributed by atoms with Crippen LogP contribution in [0.15, 0.2) is 78.9 Å². The maximum absolute atomic E-state index is 12.8. The van der Waals surface area contributed by atoms with Gasteiger partial charge in [-0.1, -0.05) is 72.8 Å². The Bertz CT molecular complexity index is 1040. The number of rotatable bonds is 9. The number of hydrogen-bond donors (Lipinski definition) is 2. The van der Waals surface area contributed by atoms with Crippen molar-refractivity contribution in [3.63, 3.8) is 0 Å². The summed E-state index contributed by atoms with van der Waals surface area (Å²) in [5, 5.41) is 12.1. The maximum Gasteiger partial charge on any atom is 0.341 e. The number of aliphatic carboxylic acids is 1. The lowest BCUT2D eigenvalue weighted by Gasteiger charge is -2.26. The summed E-state index contributed by atoms with van der Waals surface area (Å²) in [4.78, 5) is 23.7. The first-order valence-electron chi connectivity index (χ1n) is 11.4. The summed E-state index contributed by atoms with van der Waals surface area (Å²) in [6, 6.07) is 26.3. The molecule has 33 heavy (non-hydrogen) atoms. The second kappa shape index (κ2) is 10.8. The fourth-order valence-electron chi connectivity index (χ4n) is 4.65. The van der Waals surface area contributed by atoms with Gasteiger partial charge in [-0.05, 0) is 53.5 Å². The summed E-state index contributed by atoms with van der Waals surface area (Å²) in [7, 11) is 0. The molecule has 0 saturated heterocycles. The Morgan fingerprint density at radius 2 is 1.61 bits per heavy atom. The van der Waals surface area contributed by atoms with Crippen LogP contribution in [0.1, 0.15) is 41.0 Å². The fraction of sp³-hybridized carbons (Fsp3) is 0.286. The lowest BCUT2D eigenvalue weighted by molar-refractivity contribution is -0.139. The van der Waals surface area contributed by atoms with E-state index < -0.39 is 5.97 Å². The Kier molecular flexibility index (Phi) is 7.40. The van der Waals surface area contributed by atoms with Gasteiger partial charge in [-0.2, -0.15) is 0 Å². The zero-order chi connectivity index (χ0) is 23.0. The Morgan fingerprint density at radius 1 is 0.939 bits per heavy atom. The molecule has 0 saturated carbocycles. The minimum absolute atomic E-state index is 0.0681. The highest BCUT2D eigenvalue weighted by Crippen LogP contribution is 2.33. The predicted octanol–water partition coefficient (Wildman–Crippen LogP) is 4.59. The highest BCUT2D eigenvalue weighted by atomic mass is 16.5. The van der Waals surface area contributed by atoms with Crippen LogP contribution >= 0.6 is 0 Å².